The molecular formula is C36H32N8O6. The molecule has 0 aliphatic rings. The summed E-state index contributed by atoms with van der Waals surface area (Å²) in [6.07, 6.45) is 0. The number of fused-ring (bicyclic) bond motifs is 1. The van der Waals surface area contributed by atoms with E-state index in [1.165, 1.54) is 10.7 Å². The molecule has 0 aliphatic heterocycles. The smallest absolute Gasteiger partial charge is 0.243 e. The van der Waals surface area contributed by atoms with Crippen LogP contribution in [0.1, 0.15) is 5.69 Å². The van der Waals surface area contributed by atoms with Crippen LogP contribution in [0.4, 0.5) is 34.1 Å². The molecule has 6 rings (SSSR count). The van der Waals surface area contributed by atoms with Crippen LogP contribution < -0.4 is 9.47 Å². The van der Waals surface area contributed by atoms with Crippen molar-refractivity contribution in [3.05, 3.63) is 109 Å². The second-order valence-electron chi connectivity index (χ2n) is 10.7. The maximum Gasteiger partial charge on any atom is 0.243 e. The highest BCUT2D eigenvalue weighted by molar-refractivity contribution is 5.93. The van der Waals surface area contributed by atoms with E-state index in [0.717, 1.165) is 0 Å². The number of aromatic nitrogens is 2. The zero-order valence-electron chi connectivity index (χ0n) is 26.8. The van der Waals surface area contributed by atoms with E-state index in [9.17, 15) is 20.4 Å². The topological polar surface area (TPSA) is 191 Å². The third kappa shape index (κ3) is 7.62. The van der Waals surface area contributed by atoms with E-state index in [1.54, 1.807) is 67.6 Å². The minimum atomic E-state index is -0.253. The summed E-state index contributed by atoms with van der Waals surface area (Å²) >= 11 is 0. The number of azo groups is 3. The molecule has 0 fully saturated rings. The fourth-order valence-electron chi connectivity index (χ4n) is 4.85. The summed E-state index contributed by atoms with van der Waals surface area (Å²) in [6.45, 7) is 1.17. The first-order valence-corrected chi connectivity index (χ1v) is 15.5. The molecule has 0 aliphatic carbocycles. The van der Waals surface area contributed by atoms with Crippen LogP contribution in [-0.4, -0.2) is 56.6 Å². The molecule has 5 aromatic carbocycles. The summed E-state index contributed by atoms with van der Waals surface area (Å²) < 4.78 is 12.8. The number of ether oxygens (including phenoxy) is 2. The normalized spacial score (nSPS) is 11.7. The van der Waals surface area contributed by atoms with Gasteiger partial charge in [0, 0.05) is 17.5 Å². The quantitative estimate of drug-likeness (QED) is 0.0881. The Labute approximate surface area is 286 Å². The van der Waals surface area contributed by atoms with E-state index in [4.69, 9.17) is 9.47 Å². The lowest BCUT2D eigenvalue weighted by atomic mass is 10.1. The molecule has 0 saturated carbocycles. The van der Waals surface area contributed by atoms with E-state index in [0.29, 0.717) is 39.2 Å². The van der Waals surface area contributed by atoms with Crippen LogP contribution in [0.3, 0.4) is 0 Å². The van der Waals surface area contributed by atoms with Crippen molar-refractivity contribution in [1.82, 2.24) is 9.78 Å². The molecule has 14 heteroatoms. The zero-order valence-corrected chi connectivity index (χ0v) is 26.8. The average Bonchev–Trinajstić information content (AvgIpc) is 3.44. The SMILES string of the molecule is Cc1nn(-c2ccc3ccc(N=Nc4cc(OCCO)c(N=Nc5ccccc5)cc4OCCO)c(O)c3c2)c(O)c1N=Nc1ccccc1. The van der Waals surface area contributed by atoms with Crippen LogP contribution in [0.15, 0.2) is 134 Å². The van der Waals surface area contributed by atoms with Gasteiger partial charge in [0.2, 0.25) is 5.88 Å². The third-order valence-electron chi connectivity index (χ3n) is 7.26. The summed E-state index contributed by atoms with van der Waals surface area (Å²) in [6, 6.07) is 29.9. The van der Waals surface area contributed by atoms with Gasteiger partial charge in [0.25, 0.3) is 0 Å². The van der Waals surface area contributed by atoms with Gasteiger partial charge in [-0.05, 0) is 54.8 Å². The predicted molar refractivity (Wildman–Crippen MR) is 186 cm³/mol. The highest BCUT2D eigenvalue weighted by Crippen LogP contribution is 2.43. The highest BCUT2D eigenvalue weighted by Gasteiger charge is 2.18. The minimum absolute atomic E-state index is 0.0161. The zero-order chi connectivity index (χ0) is 34.9. The third-order valence-corrected chi connectivity index (χ3v) is 7.26. The van der Waals surface area contributed by atoms with Crippen molar-refractivity contribution < 1.29 is 29.9 Å². The number of aliphatic hydroxyl groups is 2. The molecule has 0 saturated heterocycles. The number of hydrogen-bond acceptors (Lipinski definition) is 13. The Kier molecular flexibility index (Phi) is 10.4. The lowest BCUT2D eigenvalue weighted by Crippen LogP contribution is -2.04. The van der Waals surface area contributed by atoms with Crippen molar-refractivity contribution in [3.63, 3.8) is 0 Å². The number of phenolic OH excluding ortho intramolecular Hbond substituents is 1. The van der Waals surface area contributed by atoms with Gasteiger partial charge in [-0.25, -0.2) is 0 Å². The molecule has 6 aromatic rings. The molecule has 0 unspecified atom stereocenters. The second-order valence-corrected chi connectivity index (χ2v) is 10.7. The number of aliphatic hydroxyl groups excluding tert-OH is 2. The predicted octanol–water partition coefficient (Wildman–Crippen LogP) is 8.73. The van der Waals surface area contributed by atoms with Gasteiger partial charge >= 0.3 is 0 Å². The fraction of sp³-hybridized carbons (Fsp3) is 0.139. The first-order chi connectivity index (χ1) is 24.4. The van der Waals surface area contributed by atoms with Gasteiger partial charge in [0.1, 0.15) is 41.8 Å². The second kappa shape index (κ2) is 15.6. The summed E-state index contributed by atoms with van der Waals surface area (Å²) in [7, 11) is 0. The Morgan fingerprint density at radius 1 is 0.620 bits per heavy atom. The van der Waals surface area contributed by atoms with E-state index in [2.05, 4.69) is 35.8 Å². The Hall–Kier alpha value is -6.51. The van der Waals surface area contributed by atoms with Gasteiger partial charge in [-0.15, -0.1) is 20.5 Å². The first kappa shape index (κ1) is 33.4. The Morgan fingerprint density at radius 2 is 1.16 bits per heavy atom. The summed E-state index contributed by atoms with van der Waals surface area (Å²) in [5, 5.41) is 72.3. The number of phenols is 1. The molecule has 0 bridgehead atoms. The van der Waals surface area contributed by atoms with Crippen molar-refractivity contribution in [3.8, 4) is 28.8 Å². The van der Waals surface area contributed by atoms with E-state index >= 15 is 0 Å². The summed E-state index contributed by atoms with van der Waals surface area (Å²) in [4.78, 5) is 0. The Bertz CT molecular complexity index is 2190. The highest BCUT2D eigenvalue weighted by atomic mass is 16.5. The number of aromatic hydroxyl groups is 2. The van der Waals surface area contributed by atoms with Crippen LogP contribution in [0.25, 0.3) is 16.5 Å². The van der Waals surface area contributed by atoms with Crippen molar-refractivity contribution in [2.75, 3.05) is 26.4 Å². The first-order valence-electron chi connectivity index (χ1n) is 15.5. The number of aryl methyl sites for hydroxylation is 1. The van der Waals surface area contributed by atoms with Gasteiger partial charge in [-0.2, -0.15) is 20.0 Å². The van der Waals surface area contributed by atoms with Crippen LogP contribution in [0.2, 0.25) is 0 Å². The van der Waals surface area contributed by atoms with E-state index in [1.807, 2.05) is 36.4 Å². The molecule has 0 atom stereocenters. The van der Waals surface area contributed by atoms with Crippen LogP contribution in [0, 0.1) is 6.92 Å². The maximum absolute atomic E-state index is 11.3. The van der Waals surface area contributed by atoms with Crippen molar-refractivity contribution in [1.29, 1.82) is 0 Å². The lowest BCUT2D eigenvalue weighted by Gasteiger charge is -2.12. The monoisotopic (exact) mass is 672 g/mol. The maximum atomic E-state index is 11.3. The van der Waals surface area contributed by atoms with Gasteiger partial charge in [-0.3, -0.25) is 0 Å². The molecule has 0 amide bonds. The molecular weight excluding hydrogens is 640 g/mol. The number of hydrogen-bond donors (Lipinski definition) is 4. The lowest BCUT2D eigenvalue weighted by molar-refractivity contribution is 0.198. The van der Waals surface area contributed by atoms with Crippen molar-refractivity contribution >= 4 is 44.9 Å². The van der Waals surface area contributed by atoms with Gasteiger partial charge in [0.15, 0.2) is 11.4 Å². The standard InChI is InChI=1S/C36H32N8O6/c1-23-34(42-38-26-10-6-3-7-11-26)36(48)44(43-23)27-14-12-24-13-15-29(35(47)28(24)20-27)39-41-31-22-32(49-18-16-45)30(21-33(31)50-19-17-46)40-37-25-8-4-2-5-9-25/h2-15,20-22,45-48H,16-19H2,1H3. The van der Waals surface area contributed by atoms with Gasteiger partial charge in [-0.1, -0.05) is 48.5 Å². The van der Waals surface area contributed by atoms with Crippen molar-refractivity contribution in [2.45, 2.75) is 6.92 Å². The Morgan fingerprint density at radius 3 is 1.76 bits per heavy atom. The largest absolute Gasteiger partial charge is 0.505 e. The number of rotatable bonds is 13. The minimum Gasteiger partial charge on any atom is -0.505 e. The molecule has 4 N–H and O–H groups in total. The number of benzene rings is 5. The molecule has 50 heavy (non-hydrogen) atoms. The van der Waals surface area contributed by atoms with Gasteiger partial charge < -0.3 is 29.9 Å². The number of nitrogens with zero attached hydrogens (tertiary/aromatic N) is 8. The molecule has 0 radical (unpaired) electrons. The Balaban J connectivity index is 1.34. The van der Waals surface area contributed by atoms with Crippen LogP contribution >= 0.6 is 0 Å². The molecule has 1 aromatic heterocycles. The average molecular weight is 673 g/mol. The molecule has 1 heterocycles. The van der Waals surface area contributed by atoms with Gasteiger partial charge in [0.05, 0.1) is 36.0 Å². The molecule has 0 spiro atoms. The summed E-state index contributed by atoms with van der Waals surface area (Å²) in [5.74, 6) is 0.114. The van der Waals surface area contributed by atoms with E-state index in [-0.39, 0.29) is 66.6 Å². The van der Waals surface area contributed by atoms with Crippen LogP contribution in [0.5, 0.6) is 23.1 Å². The van der Waals surface area contributed by atoms with Crippen molar-refractivity contribution in [2.24, 2.45) is 30.7 Å². The van der Waals surface area contributed by atoms with Crippen LogP contribution in [-0.2, 0) is 0 Å². The molecule has 14 nitrogen and oxygen atoms in total. The fourth-order valence-corrected chi connectivity index (χ4v) is 4.85. The molecule has 252 valence electrons. The summed E-state index contributed by atoms with van der Waals surface area (Å²) in [5.41, 5.74) is 3.05. The van der Waals surface area contributed by atoms with E-state index < -0.39 is 0 Å².